The van der Waals surface area contributed by atoms with E-state index in [4.69, 9.17) is 9.47 Å². The second kappa shape index (κ2) is 10.3. The van der Waals surface area contributed by atoms with Gasteiger partial charge in [-0.2, -0.15) is 0 Å². The number of nitrogens with one attached hydrogen (secondary N) is 1. The molecule has 0 heterocycles. The van der Waals surface area contributed by atoms with Crippen LogP contribution in [-0.4, -0.2) is 38.1 Å². The summed E-state index contributed by atoms with van der Waals surface area (Å²) in [4.78, 5) is 35.7. The van der Waals surface area contributed by atoms with E-state index >= 15 is 0 Å². The topological polar surface area (TPSA) is 117 Å². The van der Waals surface area contributed by atoms with Gasteiger partial charge in [0, 0.05) is 17.7 Å². The number of nitrogens with zero attached hydrogens (tertiary/aromatic N) is 1. The van der Waals surface area contributed by atoms with E-state index in [0.717, 1.165) is 30.4 Å². The fourth-order valence-corrected chi connectivity index (χ4v) is 3.25. The molecule has 3 aromatic carbocycles. The molecule has 9 heteroatoms. The van der Waals surface area contributed by atoms with Crippen molar-refractivity contribution in [2.24, 2.45) is 0 Å². The molecule has 0 radical (unpaired) electrons. The van der Waals surface area contributed by atoms with E-state index in [2.05, 4.69) is 10.1 Å². The van der Waals surface area contributed by atoms with Crippen LogP contribution in [0.15, 0.2) is 66.7 Å². The summed E-state index contributed by atoms with van der Waals surface area (Å²) in [6, 6.07) is 17.1. The number of carbonyl (C=O) groups is 2. The second-order valence-corrected chi connectivity index (χ2v) is 6.97. The van der Waals surface area contributed by atoms with Crippen LogP contribution in [0.1, 0.15) is 37.9 Å². The Kier molecular flexibility index (Phi) is 7.24. The van der Waals surface area contributed by atoms with Crippen molar-refractivity contribution >= 4 is 17.6 Å². The number of nitro groups is 1. The van der Waals surface area contributed by atoms with Crippen LogP contribution in [0.25, 0.3) is 0 Å². The average molecular weight is 450 g/mol. The van der Waals surface area contributed by atoms with Gasteiger partial charge in [0.1, 0.15) is 11.5 Å². The highest BCUT2D eigenvalue weighted by molar-refractivity contribution is 5.99. The van der Waals surface area contributed by atoms with Gasteiger partial charge in [-0.1, -0.05) is 24.3 Å². The molecule has 3 rings (SSSR count). The standard InChI is InChI=1S/C24H22N2O7/c1-31-20-8-4-15(5-9-20)22(16-6-10-21(32-2)11-7-16)25-23(27)17-12-18(24(28)33-3)14-19(13-17)26(29)30/h4-14,22H,1-3H3,(H,25,27). The molecule has 0 aliphatic heterocycles. The molecular weight excluding hydrogens is 428 g/mol. The predicted molar refractivity (Wildman–Crippen MR) is 120 cm³/mol. The SMILES string of the molecule is COC(=O)c1cc(C(=O)NC(c2ccc(OC)cc2)c2ccc(OC)cc2)cc([N+](=O)[O-])c1. The van der Waals surface area contributed by atoms with Crippen LogP contribution in [0.5, 0.6) is 11.5 Å². The minimum Gasteiger partial charge on any atom is -0.497 e. The van der Waals surface area contributed by atoms with Crippen molar-refractivity contribution in [1.82, 2.24) is 5.32 Å². The van der Waals surface area contributed by atoms with Gasteiger partial charge in [-0.25, -0.2) is 4.79 Å². The molecule has 0 aromatic heterocycles. The molecule has 0 aliphatic rings. The van der Waals surface area contributed by atoms with Crippen LogP contribution >= 0.6 is 0 Å². The Labute approximate surface area is 190 Å². The molecule has 0 saturated heterocycles. The van der Waals surface area contributed by atoms with E-state index in [0.29, 0.717) is 11.5 Å². The average Bonchev–Trinajstić information content (AvgIpc) is 2.86. The highest BCUT2D eigenvalue weighted by atomic mass is 16.6. The van der Waals surface area contributed by atoms with Gasteiger partial charge in [-0.3, -0.25) is 14.9 Å². The number of ether oxygens (including phenoxy) is 3. The first kappa shape index (κ1) is 23.3. The largest absolute Gasteiger partial charge is 0.497 e. The number of carbonyl (C=O) groups excluding carboxylic acids is 2. The van der Waals surface area contributed by atoms with Gasteiger partial charge in [0.25, 0.3) is 11.6 Å². The molecule has 9 nitrogen and oxygen atoms in total. The van der Waals surface area contributed by atoms with E-state index < -0.39 is 28.5 Å². The Morgan fingerprint density at radius 1 is 0.818 bits per heavy atom. The molecule has 0 atom stereocenters. The van der Waals surface area contributed by atoms with Crippen LogP contribution in [-0.2, 0) is 4.74 Å². The van der Waals surface area contributed by atoms with E-state index in [-0.39, 0.29) is 11.1 Å². The van der Waals surface area contributed by atoms with E-state index in [1.807, 2.05) is 0 Å². The monoisotopic (exact) mass is 450 g/mol. The molecule has 33 heavy (non-hydrogen) atoms. The number of methoxy groups -OCH3 is 3. The molecule has 0 saturated carbocycles. The number of amides is 1. The van der Waals surface area contributed by atoms with Crippen LogP contribution in [0.3, 0.4) is 0 Å². The van der Waals surface area contributed by atoms with E-state index in [9.17, 15) is 19.7 Å². The molecular formula is C24H22N2O7. The smallest absolute Gasteiger partial charge is 0.338 e. The fourth-order valence-electron chi connectivity index (χ4n) is 3.25. The summed E-state index contributed by atoms with van der Waals surface area (Å²) >= 11 is 0. The van der Waals surface area contributed by atoms with Crippen molar-refractivity contribution in [2.45, 2.75) is 6.04 Å². The van der Waals surface area contributed by atoms with Crippen molar-refractivity contribution in [3.63, 3.8) is 0 Å². The molecule has 0 bridgehead atoms. The van der Waals surface area contributed by atoms with Gasteiger partial charge < -0.3 is 19.5 Å². The van der Waals surface area contributed by atoms with Crippen molar-refractivity contribution in [3.8, 4) is 11.5 Å². The number of benzene rings is 3. The number of hydrogen-bond donors (Lipinski definition) is 1. The van der Waals surface area contributed by atoms with Crippen molar-refractivity contribution in [3.05, 3.63) is 99.1 Å². The van der Waals surface area contributed by atoms with Crippen LogP contribution in [0, 0.1) is 10.1 Å². The van der Waals surface area contributed by atoms with Gasteiger partial charge >= 0.3 is 5.97 Å². The first-order valence-electron chi connectivity index (χ1n) is 9.82. The lowest BCUT2D eigenvalue weighted by atomic mass is 9.97. The minimum atomic E-state index is -0.783. The maximum atomic E-state index is 13.2. The summed E-state index contributed by atoms with van der Waals surface area (Å²) in [5, 5.41) is 14.2. The maximum Gasteiger partial charge on any atom is 0.338 e. The Morgan fingerprint density at radius 3 is 1.73 bits per heavy atom. The van der Waals surface area contributed by atoms with Gasteiger partial charge in [-0.05, 0) is 41.5 Å². The van der Waals surface area contributed by atoms with Gasteiger partial charge in [-0.15, -0.1) is 0 Å². The predicted octanol–water partition coefficient (Wildman–Crippen LogP) is 3.92. The third-order valence-corrected chi connectivity index (χ3v) is 4.99. The lowest BCUT2D eigenvalue weighted by molar-refractivity contribution is -0.384. The second-order valence-electron chi connectivity index (χ2n) is 6.97. The van der Waals surface area contributed by atoms with Crippen molar-refractivity contribution in [2.75, 3.05) is 21.3 Å². The number of esters is 1. The van der Waals surface area contributed by atoms with Crippen molar-refractivity contribution in [1.29, 1.82) is 0 Å². The Morgan fingerprint density at radius 2 is 1.30 bits per heavy atom. The molecule has 1 amide bonds. The number of hydrogen-bond acceptors (Lipinski definition) is 7. The van der Waals surface area contributed by atoms with Crippen molar-refractivity contribution < 1.29 is 28.7 Å². The number of rotatable bonds is 8. The first-order chi connectivity index (χ1) is 15.9. The van der Waals surface area contributed by atoms with E-state index in [1.165, 1.54) is 6.07 Å². The zero-order chi connectivity index (χ0) is 24.0. The summed E-state index contributed by atoms with van der Waals surface area (Å²) in [5.41, 5.74) is 0.980. The summed E-state index contributed by atoms with van der Waals surface area (Å²) in [5.74, 6) is -0.0741. The van der Waals surface area contributed by atoms with E-state index in [1.54, 1.807) is 62.8 Å². The normalized spacial score (nSPS) is 10.4. The molecule has 3 aromatic rings. The van der Waals surface area contributed by atoms with Crippen LogP contribution < -0.4 is 14.8 Å². The molecule has 170 valence electrons. The quantitative estimate of drug-likeness (QED) is 0.314. The first-order valence-corrected chi connectivity index (χ1v) is 9.82. The summed E-state index contributed by atoms with van der Waals surface area (Å²) in [7, 11) is 4.27. The Hall–Kier alpha value is -4.40. The lowest BCUT2D eigenvalue weighted by Crippen LogP contribution is -2.29. The Bertz CT molecular complexity index is 1110. The maximum absolute atomic E-state index is 13.2. The zero-order valence-electron chi connectivity index (χ0n) is 18.2. The van der Waals surface area contributed by atoms with Crippen LogP contribution in [0.4, 0.5) is 5.69 Å². The Balaban J connectivity index is 2.01. The third-order valence-electron chi connectivity index (χ3n) is 4.99. The molecule has 0 aliphatic carbocycles. The van der Waals surface area contributed by atoms with Gasteiger partial charge in [0.2, 0.25) is 0 Å². The third kappa shape index (κ3) is 5.45. The molecule has 1 N–H and O–H groups in total. The highest BCUT2D eigenvalue weighted by Crippen LogP contribution is 2.27. The van der Waals surface area contributed by atoms with Crippen LogP contribution in [0.2, 0.25) is 0 Å². The van der Waals surface area contributed by atoms with Gasteiger partial charge in [0.05, 0.1) is 37.9 Å². The summed E-state index contributed by atoms with van der Waals surface area (Å²) in [6.07, 6.45) is 0. The zero-order valence-corrected chi connectivity index (χ0v) is 18.2. The summed E-state index contributed by atoms with van der Waals surface area (Å²) in [6.45, 7) is 0. The fraction of sp³-hybridized carbons (Fsp3) is 0.167. The minimum absolute atomic E-state index is 0.0448. The number of non-ortho nitro benzene ring substituents is 1. The molecule has 0 spiro atoms. The molecule has 0 fully saturated rings. The number of nitro benzene ring substituents is 1. The highest BCUT2D eigenvalue weighted by Gasteiger charge is 2.22. The lowest BCUT2D eigenvalue weighted by Gasteiger charge is -2.21. The van der Waals surface area contributed by atoms with Gasteiger partial charge in [0.15, 0.2) is 0 Å². The molecule has 0 unspecified atom stereocenters. The summed E-state index contributed by atoms with van der Waals surface area (Å²) < 4.78 is 15.1.